The van der Waals surface area contributed by atoms with Crippen LogP contribution in [0, 0.1) is 0 Å². The number of benzene rings is 1. The predicted octanol–water partition coefficient (Wildman–Crippen LogP) is 2.34. The first-order chi connectivity index (χ1) is 9.97. The van der Waals surface area contributed by atoms with Gasteiger partial charge in [-0.25, -0.2) is 0 Å². The zero-order valence-corrected chi connectivity index (χ0v) is 12.9. The van der Waals surface area contributed by atoms with E-state index in [1.54, 1.807) is 12.3 Å². The number of carbonyl (C=O) groups excluding carboxylic acids is 1. The van der Waals surface area contributed by atoms with Crippen molar-refractivity contribution in [3.05, 3.63) is 47.9 Å². The van der Waals surface area contributed by atoms with Crippen molar-refractivity contribution >= 4 is 17.3 Å². The molecule has 1 heterocycles. The molecule has 0 unspecified atom stereocenters. The molecule has 2 rings (SSSR count). The largest absolute Gasteiger partial charge is 0.467 e. The normalized spacial score (nSPS) is 10.3. The molecule has 1 aromatic heterocycles. The summed E-state index contributed by atoms with van der Waals surface area (Å²) in [6.07, 6.45) is 1.60. The van der Waals surface area contributed by atoms with E-state index in [0.29, 0.717) is 12.1 Å². The molecule has 0 saturated heterocycles. The SMILES string of the molecule is CN(C)c1cc(C(=O)NCc2ccco2)cc(N(C)C)c1. The highest BCUT2D eigenvalue weighted by Crippen LogP contribution is 2.23. The molecule has 21 heavy (non-hydrogen) atoms. The fourth-order valence-electron chi connectivity index (χ4n) is 1.93. The number of nitrogens with one attached hydrogen (secondary N) is 1. The van der Waals surface area contributed by atoms with E-state index >= 15 is 0 Å². The van der Waals surface area contributed by atoms with Crippen LogP contribution in [0.15, 0.2) is 41.0 Å². The van der Waals surface area contributed by atoms with Gasteiger partial charge in [-0.05, 0) is 30.3 Å². The van der Waals surface area contributed by atoms with Crippen LogP contribution < -0.4 is 15.1 Å². The summed E-state index contributed by atoms with van der Waals surface area (Å²) in [5, 5.41) is 2.86. The maximum absolute atomic E-state index is 12.3. The van der Waals surface area contributed by atoms with Gasteiger partial charge in [0.15, 0.2) is 0 Å². The Morgan fingerprint density at radius 1 is 1.10 bits per heavy atom. The van der Waals surface area contributed by atoms with Crippen LogP contribution in [0.5, 0.6) is 0 Å². The summed E-state index contributed by atoms with van der Waals surface area (Å²) in [6, 6.07) is 9.44. The van der Waals surface area contributed by atoms with Crippen molar-refractivity contribution in [3.63, 3.8) is 0 Å². The molecular weight excluding hydrogens is 266 g/mol. The van der Waals surface area contributed by atoms with Gasteiger partial charge in [0.1, 0.15) is 5.76 Å². The zero-order chi connectivity index (χ0) is 15.4. The highest BCUT2D eigenvalue weighted by atomic mass is 16.3. The first kappa shape index (κ1) is 15.0. The molecule has 2 aromatic rings. The number of hydrogen-bond acceptors (Lipinski definition) is 4. The molecule has 1 N–H and O–H groups in total. The predicted molar refractivity (Wildman–Crippen MR) is 85.0 cm³/mol. The number of furan rings is 1. The second-order valence-corrected chi connectivity index (χ2v) is 5.29. The van der Waals surface area contributed by atoms with Crippen LogP contribution in [0.4, 0.5) is 11.4 Å². The van der Waals surface area contributed by atoms with E-state index in [-0.39, 0.29) is 5.91 Å². The summed E-state index contributed by atoms with van der Waals surface area (Å²) in [5.41, 5.74) is 2.62. The topological polar surface area (TPSA) is 48.7 Å². The third-order valence-corrected chi connectivity index (χ3v) is 3.20. The van der Waals surface area contributed by atoms with Crippen molar-refractivity contribution in [2.24, 2.45) is 0 Å². The third-order valence-electron chi connectivity index (χ3n) is 3.20. The number of hydrogen-bond donors (Lipinski definition) is 1. The Kier molecular flexibility index (Phi) is 4.52. The zero-order valence-electron chi connectivity index (χ0n) is 12.9. The molecule has 0 fully saturated rings. The van der Waals surface area contributed by atoms with Gasteiger partial charge < -0.3 is 19.5 Å². The van der Waals surface area contributed by atoms with E-state index in [9.17, 15) is 4.79 Å². The van der Waals surface area contributed by atoms with Crippen LogP contribution in [-0.4, -0.2) is 34.1 Å². The van der Waals surface area contributed by atoms with Crippen LogP contribution in [0.2, 0.25) is 0 Å². The molecule has 5 heteroatoms. The Morgan fingerprint density at radius 2 is 1.71 bits per heavy atom. The molecule has 0 aliphatic heterocycles. The molecular formula is C16H21N3O2. The Bertz CT molecular complexity index is 578. The molecule has 1 aromatic carbocycles. The molecule has 0 saturated carbocycles. The minimum atomic E-state index is -0.113. The van der Waals surface area contributed by atoms with Gasteiger partial charge in [0.25, 0.3) is 5.91 Å². The quantitative estimate of drug-likeness (QED) is 0.917. The Labute approximate surface area is 125 Å². The molecule has 0 atom stereocenters. The van der Waals surface area contributed by atoms with Crippen LogP contribution >= 0.6 is 0 Å². The number of rotatable bonds is 5. The van der Waals surface area contributed by atoms with Crippen LogP contribution in [0.3, 0.4) is 0 Å². The summed E-state index contributed by atoms with van der Waals surface area (Å²) < 4.78 is 5.21. The second-order valence-electron chi connectivity index (χ2n) is 5.29. The summed E-state index contributed by atoms with van der Waals surface area (Å²) in [4.78, 5) is 16.3. The van der Waals surface area contributed by atoms with E-state index in [4.69, 9.17) is 4.42 Å². The first-order valence-corrected chi connectivity index (χ1v) is 6.77. The Hall–Kier alpha value is -2.43. The number of anilines is 2. The average Bonchev–Trinajstić information content (AvgIpc) is 2.97. The lowest BCUT2D eigenvalue weighted by Crippen LogP contribution is -2.23. The Morgan fingerprint density at radius 3 is 2.19 bits per heavy atom. The van der Waals surface area contributed by atoms with Gasteiger partial charge in [-0.1, -0.05) is 0 Å². The van der Waals surface area contributed by atoms with Gasteiger partial charge in [0.2, 0.25) is 0 Å². The van der Waals surface area contributed by atoms with Crippen molar-refractivity contribution < 1.29 is 9.21 Å². The van der Waals surface area contributed by atoms with Crippen molar-refractivity contribution in [2.75, 3.05) is 38.0 Å². The second kappa shape index (κ2) is 6.35. The minimum absolute atomic E-state index is 0.113. The smallest absolute Gasteiger partial charge is 0.251 e. The molecule has 112 valence electrons. The third kappa shape index (κ3) is 3.78. The highest BCUT2D eigenvalue weighted by Gasteiger charge is 2.11. The monoisotopic (exact) mass is 287 g/mol. The molecule has 0 aliphatic carbocycles. The van der Waals surface area contributed by atoms with Crippen LogP contribution in [0.25, 0.3) is 0 Å². The lowest BCUT2D eigenvalue weighted by atomic mass is 10.1. The number of carbonyl (C=O) groups is 1. The van der Waals surface area contributed by atoms with Crippen molar-refractivity contribution in [1.82, 2.24) is 5.32 Å². The molecule has 5 nitrogen and oxygen atoms in total. The van der Waals surface area contributed by atoms with Gasteiger partial charge in [0.05, 0.1) is 12.8 Å². The standard InChI is InChI=1S/C16H21N3O2/c1-18(2)13-8-12(9-14(10-13)19(3)4)16(20)17-11-15-6-5-7-21-15/h5-10H,11H2,1-4H3,(H,17,20). The molecule has 0 aliphatic rings. The van der Waals surface area contributed by atoms with Crippen molar-refractivity contribution in [3.8, 4) is 0 Å². The lowest BCUT2D eigenvalue weighted by molar-refractivity contribution is 0.0948. The minimum Gasteiger partial charge on any atom is -0.467 e. The van der Waals surface area contributed by atoms with Gasteiger partial charge in [-0.3, -0.25) is 4.79 Å². The van der Waals surface area contributed by atoms with E-state index < -0.39 is 0 Å². The maximum atomic E-state index is 12.3. The molecule has 0 bridgehead atoms. The summed E-state index contributed by atoms with van der Waals surface area (Å²) in [7, 11) is 7.83. The van der Waals surface area contributed by atoms with Gasteiger partial charge in [-0.15, -0.1) is 0 Å². The van der Waals surface area contributed by atoms with E-state index in [0.717, 1.165) is 17.1 Å². The van der Waals surface area contributed by atoms with Crippen LogP contribution in [0.1, 0.15) is 16.1 Å². The molecule has 0 spiro atoms. The first-order valence-electron chi connectivity index (χ1n) is 6.77. The van der Waals surface area contributed by atoms with Gasteiger partial charge in [-0.2, -0.15) is 0 Å². The average molecular weight is 287 g/mol. The fraction of sp³-hybridized carbons (Fsp3) is 0.312. The number of amides is 1. The van der Waals surface area contributed by atoms with Crippen molar-refractivity contribution in [2.45, 2.75) is 6.54 Å². The lowest BCUT2D eigenvalue weighted by Gasteiger charge is -2.19. The maximum Gasteiger partial charge on any atom is 0.251 e. The van der Waals surface area contributed by atoms with E-state index in [1.165, 1.54) is 0 Å². The summed E-state index contributed by atoms with van der Waals surface area (Å²) in [5.74, 6) is 0.623. The molecule has 0 radical (unpaired) electrons. The Balaban J connectivity index is 2.18. The van der Waals surface area contributed by atoms with Gasteiger partial charge in [0, 0.05) is 45.1 Å². The summed E-state index contributed by atoms with van der Waals surface area (Å²) >= 11 is 0. The number of nitrogens with zero attached hydrogens (tertiary/aromatic N) is 2. The summed E-state index contributed by atoms with van der Waals surface area (Å²) in [6.45, 7) is 0.384. The van der Waals surface area contributed by atoms with Gasteiger partial charge >= 0.3 is 0 Å². The van der Waals surface area contributed by atoms with Crippen molar-refractivity contribution in [1.29, 1.82) is 0 Å². The highest BCUT2D eigenvalue weighted by molar-refractivity contribution is 5.96. The molecule has 1 amide bonds. The van der Waals surface area contributed by atoms with E-state index in [2.05, 4.69) is 5.32 Å². The van der Waals surface area contributed by atoms with Crippen LogP contribution in [-0.2, 0) is 6.54 Å². The fourth-order valence-corrected chi connectivity index (χ4v) is 1.93. The van der Waals surface area contributed by atoms with E-state index in [1.807, 2.05) is 62.3 Å².